The Morgan fingerprint density at radius 1 is 1.07 bits per heavy atom. The molecule has 1 fully saturated rings. The van der Waals surface area contributed by atoms with Crippen molar-refractivity contribution in [3.8, 4) is 5.75 Å². The maximum atomic E-state index is 13.5. The molecule has 28 heavy (non-hydrogen) atoms. The number of para-hydroxylation sites is 1. The second kappa shape index (κ2) is 8.63. The molecule has 0 spiro atoms. The van der Waals surface area contributed by atoms with Crippen molar-refractivity contribution in [1.29, 1.82) is 0 Å². The summed E-state index contributed by atoms with van der Waals surface area (Å²) in [4.78, 5) is 11.7. The summed E-state index contributed by atoms with van der Waals surface area (Å²) in [5.41, 5.74) is -0.849. The van der Waals surface area contributed by atoms with E-state index in [1.807, 2.05) is 30.3 Å². The third kappa shape index (κ3) is 4.64. The number of rotatable bonds is 7. The highest BCUT2D eigenvalue weighted by Crippen LogP contribution is 2.24. The van der Waals surface area contributed by atoms with Gasteiger partial charge in [0.15, 0.2) is 0 Å². The maximum absolute atomic E-state index is 13.5. The van der Waals surface area contributed by atoms with Gasteiger partial charge in [0, 0.05) is 38.8 Å². The predicted molar refractivity (Wildman–Crippen MR) is 100 cm³/mol. The van der Waals surface area contributed by atoms with Gasteiger partial charge in [-0.15, -0.1) is 0 Å². The molecule has 0 saturated carbocycles. The minimum Gasteiger partial charge on any atom is -0.492 e. The predicted octanol–water partition coefficient (Wildman–Crippen LogP) is 2.12. The van der Waals surface area contributed by atoms with E-state index < -0.39 is 26.5 Å². The van der Waals surface area contributed by atoms with Crippen LogP contribution < -0.4 is 4.74 Å². The lowest BCUT2D eigenvalue weighted by Gasteiger charge is -2.33. The minimum atomic E-state index is -3.92. The Morgan fingerprint density at radius 2 is 1.75 bits per heavy atom. The van der Waals surface area contributed by atoms with Crippen LogP contribution in [0.5, 0.6) is 5.75 Å². The summed E-state index contributed by atoms with van der Waals surface area (Å²) in [5, 5.41) is 10.9. The summed E-state index contributed by atoms with van der Waals surface area (Å²) in [6, 6.07) is 12.0. The molecule has 0 atom stereocenters. The van der Waals surface area contributed by atoms with E-state index in [1.54, 1.807) is 0 Å². The lowest BCUT2D eigenvalue weighted by Crippen LogP contribution is -2.49. The van der Waals surface area contributed by atoms with Crippen LogP contribution in [0.4, 0.5) is 10.1 Å². The second-order valence-corrected chi connectivity index (χ2v) is 8.22. The Morgan fingerprint density at radius 3 is 2.39 bits per heavy atom. The first-order valence-electron chi connectivity index (χ1n) is 8.72. The number of nitro benzene ring substituents is 1. The van der Waals surface area contributed by atoms with Crippen molar-refractivity contribution >= 4 is 15.7 Å². The van der Waals surface area contributed by atoms with E-state index in [-0.39, 0.29) is 18.0 Å². The zero-order valence-corrected chi connectivity index (χ0v) is 15.8. The first kappa shape index (κ1) is 20.2. The van der Waals surface area contributed by atoms with Crippen molar-refractivity contribution in [3.63, 3.8) is 0 Å². The molecule has 2 aromatic rings. The summed E-state index contributed by atoms with van der Waals surface area (Å²) in [7, 11) is -3.92. The summed E-state index contributed by atoms with van der Waals surface area (Å²) in [6.45, 7) is 2.67. The van der Waals surface area contributed by atoms with E-state index in [0.29, 0.717) is 26.2 Å². The number of hydrogen-bond donors (Lipinski definition) is 0. The molecule has 0 aromatic heterocycles. The monoisotopic (exact) mass is 409 g/mol. The molecular weight excluding hydrogens is 389 g/mol. The van der Waals surface area contributed by atoms with E-state index in [9.17, 15) is 22.9 Å². The van der Waals surface area contributed by atoms with Crippen molar-refractivity contribution < 1.29 is 22.5 Å². The molecule has 2 aromatic carbocycles. The Balaban J connectivity index is 1.56. The molecule has 3 rings (SSSR count). The third-order valence-corrected chi connectivity index (χ3v) is 6.40. The van der Waals surface area contributed by atoms with Crippen molar-refractivity contribution in [1.82, 2.24) is 9.21 Å². The highest BCUT2D eigenvalue weighted by molar-refractivity contribution is 7.89. The Bertz CT molecular complexity index is 931. The molecule has 0 unspecified atom stereocenters. The normalized spacial score (nSPS) is 16.0. The molecule has 1 heterocycles. The third-order valence-electron chi connectivity index (χ3n) is 4.50. The number of piperazine rings is 1. The van der Waals surface area contributed by atoms with Gasteiger partial charge in [-0.1, -0.05) is 18.2 Å². The molecular formula is C18H20FN3O5S. The van der Waals surface area contributed by atoms with Crippen LogP contribution in [0.15, 0.2) is 53.4 Å². The van der Waals surface area contributed by atoms with E-state index in [0.717, 1.165) is 23.9 Å². The van der Waals surface area contributed by atoms with Gasteiger partial charge in [0.05, 0.1) is 9.82 Å². The Kier molecular flexibility index (Phi) is 6.22. The molecule has 0 bridgehead atoms. The summed E-state index contributed by atoms with van der Waals surface area (Å²) in [5.74, 6) is -0.284. The van der Waals surface area contributed by atoms with Gasteiger partial charge in [-0.2, -0.15) is 8.70 Å². The smallest absolute Gasteiger partial charge is 0.306 e. The van der Waals surface area contributed by atoms with Crippen molar-refractivity contribution in [2.45, 2.75) is 4.90 Å². The molecule has 0 radical (unpaired) electrons. The van der Waals surface area contributed by atoms with Gasteiger partial charge >= 0.3 is 5.69 Å². The van der Waals surface area contributed by atoms with Crippen LogP contribution in [-0.2, 0) is 10.0 Å². The quantitative estimate of drug-likeness (QED) is 0.514. The lowest BCUT2D eigenvalue weighted by atomic mass is 10.3. The molecule has 0 aliphatic carbocycles. The van der Waals surface area contributed by atoms with E-state index >= 15 is 0 Å². The van der Waals surface area contributed by atoms with Crippen LogP contribution in [-0.4, -0.2) is 61.9 Å². The molecule has 8 nitrogen and oxygen atoms in total. The first-order chi connectivity index (χ1) is 13.4. The van der Waals surface area contributed by atoms with Gasteiger partial charge < -0.3 is 4.74 Å². The number of sulfonamides is 1. The molecule has 1 saturated heterocycles. The number of ether oxygens (including phenoxy) is 1. The molecule has 10 heteroatoms. The van der Waals surface area contributed by atoms with Gasteiger partial charge in [-0.05, 0) is 24.3 Å². The summed E-state index contributed by atoms with van der Waals surface area (Å²) >= 11 is 0. The number of benzene rings is 2. The van der Waals surface area contributed by atoms with Gasteiger partial charge in [0.25, 0.3) is 0 Å². The van der Waals surface area contributed by atoms with Crippen molar-refractivity contribution in [2.75, 3.05) is 39.3 Å². The van der Waals surface area contributed by atoms with Gasteiger partial charge in [-0.3, -0.25) is 15.0 Å². The highest BCUT2D eigenvalue weighted by Gasteiger charge is 2.30. The van der Waals surface area contributed by atoms with E-state index in [2.05, 4.69) is 4.90 Å². The van der Waals surface area contributed by atoms with Gasteiger partial charge in [0.2, 0.25) is 15.8 Å². The first-order valence-corrected chi connectivity index (χ1v) is 10.2. The topological polar surface area (TPSA) is 93.0 Å². The summed E-state index contributed by atoms with van der Waals surface area (Å²) < 4.78 is 45.8. The van der Waals surface area contributed by atoms with E-state index in [4.69, 9.17) is 4.74 Å². The van der Waals surface area contributed by atoms with Crippen LogP contribution in [0, 0.1) is 15.9 Å². The minimum absolute atomic E-state index is 0.249. The maximum Gasteiger partial charge on any atom is 0.306 e. The second-order valence-electron chi connectivity index (χ2n) is 6.28. The fourth-order valence-electron chi connectivity index (χ4n) is 2.94. The molecule has 1 aliphatic heterocycles. The van der Waals surface area contributed by atoms with Crippen LogP contribution >= 0.6 is 0 Å². The van der Waals surface area contributed by atoms with Crippen molar-refractivity contribution in [2.24, 2.45) is 0 Å². The zero-order valence-electron chi connectivity index (χ0n) is 15.0. The van der Waals surface area contributed by atoms with Crippen LogP contribution in [0.25, 0.3) is 0 Å². The average Bonchev–Trinajstić information content (AvgIpc) is 2.69. The average molecular weight is 409 g/mol. The number of halogens is 1. The fraction of sp³-hybridized carbons (Fsp3) is 0.333. The van der Waals surface area contributed by atoms with E-state index in [1.165, 1.54) is 4.31 Å². The molecule has 0 N–H and O–H groups in total. The van der Waals surface area contributed by atoms with Crippen LogP contribution in [0.2, 0.25) is 0 Å². The largest absolute Gasteiger partial charge is 0.492 e. The van der Waals surface area contributed by atoms with Gasteiger partial charge in [0.1, 0.15) is 12.4 Å². The number of nitrogens with zero attached hydrogens (tertiary/aromatic N) is 3. The SMILES string of the molecule is O=[N+]([O-])c1cc(S(=O)(=O)N2CCN(CCOc3ccccc3)CC2)ccc1F. The van der Waals surface area contributed by atoms with Gasteiger partial charge in [-0.25, -0.2) is 8.42 Å². The summed E-state index contributed by atoms with van der Waals surface area (Å²) in [6.07, 6.45) is 0. The van der Waals surface area contributed by atoms with Crippen LogP contribution in [0.3, 0.4) is 0 Å². The molecule has 1 aliphatic rings. The Labute approximate surface area is 162 Å². The highest BCUT2D eigenvalue weighted by atomic mass is 32.2. The standard InChI is InChI=1S/C18H20FN3O5S/c19-17-7-6-16(14-18(17)22(23)24)28(25,26)21-10-8-20(9-11-21)12-13-27-15-4-2-1-3-5-15/h1-7,14H,8-13H2. The molecule has 0 amide bonds. The molecule has 150 valence electrons. The fourth-order valence-corrected chi connectivity index (χ4v) is 4.39. The number of hydrogen-bond acceptors (Lipinski definition) is 6. The Hall–Kier alpha value is -2.56. The van der Waals surface area contributed by atoms with Crippen molar-refractivity contribution in [3.05, 3.63) is 64.5 Å². The lowest BCUT2D eigenvalue weighted by molar-refractivity contribution is -0.387. The number of nitro groups is 1. The zero-order chi connectivity index (χ0) is 20.1. The van der Waals surface area contributed by atoms with Crippen LogP contribution in [0.1, 0.15) is 0 Å².